The lowest BCUT2D eigenvalue weighted by Gasteiger charge is -2.05. The van der Waals surface area contributed by atoms with Gasteiger partial charge in [0.2, 0.25) is 11.8 Å². The third-order valence-corrected chi connectivity index (χ3v) is 4.13. The Morgan fingerprint density at radius 1 is 0.778 bits per heavy atom. The highest BCUT2D eigenvalue weighted by molar-refractivity contribution is 6.09. The van der Waals surface area contributed by atoms with Crippen LogP contribution in [0.15, 0.2) is 48.5 Å². The van der Waals surface area contributed by atoms with Crippen molar-refractivity contribution in [2.75, 3.05) is 13.1 Å². The molecule has 0 spiro atoms. The van der Waals surface area contributed by atoms with Gasteiger partial charge in [-0.2, -0.15) is 4.79 Å². The van der Waals surface area contributed by atoms with E-state index in [0.717, 1.165) is 35.1 Å². The molecule has 6 heteroatoms. The van der Waals surface area contributed by atoms with Gasteiger partial charge in [0.15, 0.2) is 0 Å². The second-order valence-electron chi connectivity index (χ2n) is 6.31. The summed E-state index contributed by atoms with van der Waals surface area (Å²) in [6.45, 7) is 4.18. The number of hydrogen-bond donors (Lipinski definition) is 2. The molecule has 6 nitrogen and oxygen atoms in total. The van der Waals surface area contributed by atoms with Crippen LogP contribution in [0.25, 0.3) is 5.53 Å². The summed E-state index contributed by atoms with van der Waals surface area (Å²) in [6, 6.07) is 15.5. The van der Waals surface area contributed by atoms with E-state index in [9.17, 15) is 15.1 Å². The molecule has 2 rings (SSSR count). The maximum Gasteiger partial charge on any atom is 0.329 e. The van der Waals surface area contributed by atoms with Crippen molar-refractivity contribution >= 4 is 17.5 Å². The summed E-state index contributed by atoms with van der Waals surface area (Å²) in [7, 11) is 0. The van der Waals surface area contributed by atoms with Gasteiger partial charge in [0.25, 0.3) is 0 Å². The normalized spacial score (nSPS) is 10.0. The monoisotopic (exact) mass is 364 g/mol. The third kappa shape index (κ3) is 6.53. The van der Waals surface area contributed by atoms with Crippen LogP contribution in [0, 0.1) is 0 Å². The fraction of sp³-hybridized carbons (Fsp3) is 0.286. The van der Waals surface area contributed by atoms with Crippen LogP contribution in [0.1, 0.15) is 36.1 Å². The average molecular weight is 364 g/mol. The average Bonchev–Trinajstić information content (AvgIpc) is 2.64. The van der Waals surface area contributed by atoms with Crippen LogP contribution in [-0.2, 0) is 22.4 Å². The summed E-state index contributed by atoms with van der Waals surface area (Å²) >= 11 is 0. The number of nitrogens with zero attached hydrogens (tertiary/aromatic N) is 2. The molecule has 140 valence electrons. The first-order chi connectivity index (χ1) is 13.0. The Bertz CT molecular complexity index is 770. The van der Waals surface area contributed by atoms with Crippen LogP contribution >= 0.6 is 0 Å². The summed E-state index contributed by atoms with van der Waals surface area (Å²) in [5.74, 6) is -0.0799. The summed E-state index contributed by atoms with van der Waals surface area (Å²) in [6.07, 6.45) is 1.49. The van der Waals surface area contributed by atoms with E-state index < -0.39 is 0 Å². The molecule has 2 amide bonds. The molecule has 2 N–H and O–H groups in total. The predicted molar refractivity (Wildman–Crippen MR) is 104 cm³/mol. The van der Waals surface area contributed by atoms with Gasteiger partial charge in [-0.3, -0.25) is 9.59 Å². The van der Waals surface area contributed by atoms with Gasteiger partial charge in [-0.05, 0) is 48.2 Å². The van der Waals surface area contributed by atoms with E-state index in [2.05, 4.69) is 15.4 Å². The zero-order valence-electron chi connectivity index (χ0n) is 15.7. The van der Waals surface area contributed by atoms with Gasteiger partial charge in [0.1, 0.15) is 0 Å². The van der Waals surface area contributed by atoms with Gasteiger partial charge in [0.05, 0.1) is 11.1 Å². The van der Waals surface area contributed by atoms with Gasteiger partial charge >= 0.3 is 5.71 Å². The molecule has 27 heavy (non-hydrogen) atoms. The Labute approximate surface area is 159 Å². The number of rotatable bonds is 8. The predicted octanol–water partition coefficient (Wildman–Crippen LogP) is 2.11. The first-order valence-electron chi connectivity index (χ1n) is 8.89. The molecule has 0 unspecified atom stereocenters. The molecule has 0 aliphatic heterocycles. The van der Waals surface area contributed by atoms with E-state index in [0.29, 0.717) is 18.8 Å². The second kappa shape index (κ2) is 10.0. The lowest BCUT2D eigenvalue weighted by atomic mass is 9.99. The standard InChI is InChI=1S/C21H24N4O2/c1-15(26)23-13-11-17-3-7-19(8-4-17)21(25-22)20-9-5-18(6-10-20)12-14-24-16(2)27/h3-10H,11-14H2,1-2H3,(H,23,26)(H,24,27). The largest absolute Gasteiger partial charge is 0.361 e. The Morgan fingerprint density at radius 2 is 1.15 bits per heavy atom. The zero-order valence-corrected chi connectivity index (χ0v) is 15.7. The highest BCUT2D eigenvalue weighted by Gasteiger charge is 2.15. The fourth-order valence-electron chi connectivity index (χ4n) is 2.71. The maximum absolute atomic E-state index is 10.9. The molecule has 0 saturated carbocycles. The number of carbonyl (C=O) groups excluding carboxylic acids is 2. The van der Waals surface area contributed by atoms with E-state index in [-0.39, 0.29) is 11.8 Å². The molecule has 0 saturated heterocycles. The number of benzene rings is 2. The molecule has 0 fully saturated rings. The molecule has 0 bridgehead atoms. The van der Waals surface area contributed by atoms with E-state index in [1.54, 1.807) is 0 Å². The summed E-state index contributed by atoms with van der Waals surface area (Å²) in [5, 5.41) is 5.54. The number of carbonyl (C=O) groups is 2. The van der Waals surface area contributed by atoms with Crippen molar-refractivity contribution in [2.45, 2.75) is 26.7 Å². The molecular formula is C21H24N4O2. The number of amides is 2. The van der Waals surface area contributed by atoms with Crippen LogP contribution in [0.3, 0.4) is 0 Å². The van der Waals surface area contributed by atoms with Crippen LogP contribution in [0.5, 0.6) is 0 Å². The molecule has 0 radical (unpaired) electrons. The highest BCUT2D eigenvalue weighted by Crippen LogP contribution is 2.13. The van der Waals surface area contributed by atoms with Gasteiger partial charge in [-0.1, -0.05) is 24.3 Å². The van der Waals surface area contributed by atoms with E-state index in [1.165, 1.54) is 13.8 Å². The summed E-state index contributed by atoms with van der Waals surface area (Å²) in [4.78, 5) is 25.3. The Balaban J connectivity index is 2.02. The molecule has 0 aliphatic rings. The molecule has 0 atom stereocenters. The van der Waals surface area contributed by atoms with E-state index in [1.807, 2.05) is 48.5 Å². The van der Waals surface area contributed by atoms with Crippen molar-refractivity contribution in [2.24, 2.45) is 0 Å². The highest BCUT2D eigenvalue weighted by atomic mass is 16.1. The lowest BCUT2D eigenvalue weighted by molar-refractivity contribution is -0.119. The van der Waals surface area contributed by atoms with Gasteiger partial charge in [-0.25, -0.2) is 0 Å². The number of nitrogens with one attached hydrogen (secondary N) is 2. The van der Waals surface area contributed by atoms with Crippen molar-refractivity contribution in [3.8, 4) is 0 Å². The van der Waals surface area contributed by atoms with Gasteiger partial charge < -0.3 is 16.2 Å². The van der Waals surface area contributed by atoms with Crippen LogP contribution in [0.2, 0.25) is 0 Å². The quantitative estimate of drug-likeness (QED) is 0.426. The summed E-state index contributed by atoms with van der Waals surface area (Å²) < 4.78 is 0. The minimum Gasteiger partial charge on any atom is -0.361 e. The first-order valence-corrected chi connectivity index (χ1v) is 8.89. The summed E-state index contributed by atoms with van der Waals surface area (Å²) in [5.41, 5.74) is 13.8. The van der Waals surface area contributed by atoms with Crippen molar-refractivity contribution in [1.29, 1.82) is 0 Å². The van der Waals surface area contributed by atoms with E-state index in [4.69, 9.17) is 0 Å². The molecule has 0 aromatic heterocycles. The Kier molecular flexibility index (Phi) is 7.47. The second-order valence-corrected chi connectivity index (χ2v) is 6.31. The molecule has 0 aliphatic carbocycles. The Morgan fingerprint density at radius 3 is 1.44 bits per heavy atom. The van der Waals surface area contributed by atoms with Crippen LogP contribution in [0.4, 0.5) is 0 Å². The SMILES string of the molecule is CC(=O)NCCc1ccc(C(=[N+]=[N-])c2ccc(CCNC(C)=O)cc2)cc1. The number of hydrogen-bond acceptors (Lipinski definition) is 2. The van der Waals surface area contributed by atoms with Crippen LogP contribution < -0.4 is 10.6 Å². The fourth-order valence-corrected chi connectivity index (χ4v) is 2.71. The minimum absolute atomic E-state index is 0.0400. The van der Waals surface area contributed by atoms with Crippen molar-refractivity contribution in [3.63, 3.8) is 0 Å². The topological polar surface area (TPSA) is 94.6 Å². The molecule has 2 aromatic rings. The molecule has 2 aromatic carbocycles. The first kappa shape index (κ1) is 20.1. The molecular weight excluding hydrogens is 340 g/mol. The van der Waals surface area contributed by atoms with E-state index >= 15 is 0 Å². The van der Waals surface area contributed by atoms with Gasteiger partial charge in [-0.15, -0.1) is 0 Å². The van der Waals surface area contributed by atoms with Gasteiger partial charge in [0, 0.05) is 26.9 Å². The third-order valence-electron chi connectivity index (χ3n) is 4.13. The maximum atomic E-state index is 10.9. The Hall–Kier alpha value is -3.24. The lowest BCUT2D eigenvalue weighted by Crippen LogP contribution is -2.22. The van der Waals surface area contributed by atoms with Crippen LogP contribution in [-0.4, -0.2) is 35.4 Å². The zero-order chi connectivity index (χ0) is 19.6. The van der Waals surface area contributed by atoms with Crippen molar-refractivity contribution in [1.82, 2.24) is 10.6 Å². The molecule has 0 heterocycles. The van der Waals surface area contributed by atoms with Crippen molar-refractivity contribution in [3.05, 3.63) is 76.3 Å². The minimum atomic E-state index is -0.0400. The smallest absolute Gasteiger partial charge is 0.329 e. The van der Waals surface area contributed by atoms with Crippen molar-refractivity contribution < 1.29 is 14.4 Å².